The average Bonchev–Trinajstić information content (AvgIpc) is 2.96. The molecule has 0 aromatic heterocycles. The normalized spacial score (nSPS) is 16.9. The number of ether oxygens (including phenoxy) is 2. The van der Waals surface area contributed by atoms with Crippen molar-refractivity contribution >= 4 is 6.09 Å². The van der Waals surface area contributed by atoms with Gasteiger partial charge < -0.3 is 19.9 Å². The third kappa shape index (κ3) is 6.10. The Morgan fingerprint density at radius 3 is 2.70 bits per heavy atom. The molecule has 1 atom stereocenters. The number of aliphatic hydroxyl groups is 1. The quantitative estimate of drug-likeness (QED) is 0.870. The highest BCUT2D eigenvalue weighted by atomic mass is 16.6. The molecular formula is C18H27NO4. The molecule has 1 amide bonds. The molecule has 0 radical (unpaired) electrons. The molecule has 0 saturated heterocycles. The second kappa shape index (κ2) is 7.68. The lowest BCUT2D eigenvalue weighted by Crippen LogP contribution is -2.34. The summed E-state index contributed by atoms with van der Waals surface area (Å²) in [5.41, 5.74) is 0.168. The van der Waals surface area contributed by atoms with Crippen molar-refractivity contribution < 1.29 is 19.4 Å². The van der Waals surface area contributed by atoms with Crippen molar-refractivity contribution in [2.24, 2.45) is 0 Å². The van der Waals surface area contributed by atoms with Gasteiger partial charge in [0.15, 0.2) is 0 Å². The van der Waals surface area contributed by atoms with Gasteiger partial charge in [0.05, 0.1) is 18.8 Å². The van der Waals surface area contributed by atoms with Gasteiger partial charge in [-0.05, 0) is 64.2 Å². The maximum atomic E-state index is 11.6. The lowest BCUT2D eigenvalue weighted by molar-refractivity contribution is 0.0491. The first-order valence-corrected chi connectivity index (χ1v) is 8.25. The lowest BCUT2D eigenvalue weighted by atomic mass is 10.1. The first-order chi connectivity index (χ1) is 10.8. The molecule has 0 bridgehead atoms. The van der Waals surface area contributed by atoms with E-state index in [4.69, 9.17) is 9.47 Å². The Kier molecular flexibility index (Phi) is 5.88. The lowest BCUT2D eigenvalue weighted by Gasteiger charge is -2.21. The van der Waals surface area contributed by atoms with E-state index in [0.717, 1.165) is 24.2 Å². The fourth-order valence-corrected chi connectivity index (χ4v) is 2.61. The highest BCUT2D eigenvalue weighted by molar-refractivity contribution is 5.67. The summed E-state index contributed by atoms with van der Waals surface area (Å²) in [6, 6.07) is 7.41. The Bertz CT molecular complexity index is 518. The SMILES string of the molecule is CC(C)(C)OC(=O)NCC(O)c1cccc(OC2CCCC2)c1. The molecule has 1 aromatic carbocycles. The van der Waals surface area contributed by atoms with Crippen molar-refractivity contribution in [1.82, 2.24) is 5.32 Å². The van der Waals surface area contributed by atoms with E-state index in [-0.39, 0.29) is 12.6 Å². The minimum atomic E-state index is -0.797. The van der Waals surface area contributed by atoms with E-state index in [9.17, 15) is 9.90 Å². The fraction of sp³-hybridized carbons (Fsp3) is 0.611. The number of rotatable bonds is 5. The Morgan fingerprint density at radius 1 is 1.35 bits per heavy atom. The second-order valence-corrected chi connectivity index (χ2v) is 7.00. The molecule has 1 aromatic rings. The summed E-state index contributed by atoms with van der Waals surface area (Å²) in [5.74, 6) is 0.769. The molecule has 1 unspecified atom stereocenters. The fourth-order valence-electron chi connectivity index (χ4n) is 2.61. The molecule has 1 fully saturated rings. The van der Waals surface area contributed by atoms with Crippen LogP contribution in [0.4, 0.5) is 4.79 Å². The van der Waals surface area contributed by atoms with Crippen LogP contribution in [0, 0.1) is 0 Å². The van der Waals surface area contributed by atoms with Crippen LogP contribution in [0.15, 0.2) is 24.3 Å². The average molecular weight is 321 g/mol. The summed E-state index contributed by atoms with van der Waals surface area (Å²) in [6.07, 6.45) is 3.56. The van der Waals surface area contributed by atoms with Crippen molar-refractivity contribution in [1.29, 1.82) is 0 Å². The van der Waals surface area contributed by atoms with Crippen molar-refractivity contribution in [3.63, 3.8) is 0 Å². The third-order valence-electron chi connectivity index (χ3n) is 3.69. The topological polar surface area (TPSA) is 67.8 Å². The molecular weight excluding hydrogens is 294 g/mol. The van der Waals surface area contributed by atoms with Gasteiger partial charge in [0.1, 0.15) is 11.4 Å². The molecule has 128 valence electrons. The summed E-state index contributed by atoms with van der Waals surface area (Å²) >= 11 is 0. The van der Waals surface area contributed by atoms with Crippen molar-refractivity contribution in [3.05, 3.63) is 29.8 Å². The Labute approximate surface area is 138 Å². The number of hydrogen-bond acceptors (Lipinski definition) is 4. The number of carbonyl (C=O) groups excluding carboxylic acids is 1. The maximum absolute atomic E-state index is 11.6. The molecule has 23 heavy (non-hydrogen) atoms. The van der Waals surface area contributed by atoms with Crippen LogP contribution < -0.4 is 10.1 Å². The zero-order valence-electron chi connectivity index (χ0n) is 14.2. The smallest absolute Gasteiger partial charge is 0.407 e. The summed E-state index contributed by atoms with van der Waals surface area (Å²) in [5, 5.41) is 12.8. The number of hydrogen-bond donors (Lipinski definition) is 2. The molecule has 0 heterocycles. The van der Waals surface area contributed by atoms with Crippen LogP contribution in [0.3, 0.4) is 0 Å². The van der Waals surface area contributed by atoms with Crippen LogP contribution >= 0.6 is 0 Å². The van der Waals surface area contributed by atoms with Gasteiger partial charge in [-0.15, -0.1) is 0 Å². The standard InChI is InChI=1S/C18H27NO4/c1-18(2,3)23-17(21)19-12-16(20)13-7-6-10-15(11-13)22-14-8-4-5-9-14/h6-7,10-11,14,16,20H,4-5,8-9,12H2,1-3H3,(H,19,21). The number of carbonyl (C=O) groups is 1. The van der Waals surface area contributed by atoms with Crippen molar-refractivity contribution in [2.45, 2.75) is 64.3 Å². The van der Waals surface area contributed by atoms with Crippen LogP contribution in [-0.4, -0.2) is 29.4 Å². The molecule has 0 aliphatic heterocycles. The predicted molar refractivity (Wildman–Crippen MR) is 88.5 cm³/mol. The van der Waals surface area contributed by atoms with Gasteiger partial charge in [-0.2, -0.15) is 0 Å². The van der Waals surface area contributed by atoms with E-state index < -0.39 is 17.8 Å². The van der Waals surface area contributed by atoms with Crippen LogP contribution in [-0.2, 0) is 4.74 Å². The number of nitrogens with one attached hydrogen (secondary N) is 1. The summed E-state index contributed by atoms with van der Waals surface area (Å²) < 4.78 is 11.1. The van der Waals surface area contributed by atoms with E-state index in [1.54, 1.807) is 20.8 Å². The van der Waals surface area contributed by atoms with Crippen molar-refractivity contribution in [3.8, 4) is 5.75 Å². The minimum Gasteiger partial charge on any atom is -0.490 e. The molecule has 1 aliphatic carbocycles. The predicted octanol–water partition coefficient (Wildman–Crippen LogP) is 3.57. The number of amides is 1. The molecule has 2 N–H and O–H groups in total. The first kappa shape index (κ1) is 17.6. The highest BCUT2D eigenvalue weighted by Crippen LogP contribution is 2.26. The Hall–Kier alpha value is -1.75. The van der Waals surface area contributed by atoms with Crippen LogP contribution in [0.5, 0.6) is 5.75 Å². The zero-order chi connectivity index (χ0) is 16.9. The number of benzene rings is 1. The first-order valence-electron chi connectivity index (χ1n) is 8.25. The second-order valence-electron chi connectivity index (χ2n) is 7.00. The molecule has 5 heteroatoms. The highest BCUT2D eigenvalue weighted by Gasteiger charge is 2.19. The van der Waals surface area contributed by atoms with Gasteiger partial charge in [0.25, 0.3) is 0 Å². The molecule has 2 rings (SSSR count). The van der Waals surface area contributed by atoms with Gasteiger partial charge in [-0.3, -0.25) is 0 Å². The Morgan fingerprint density at radius 2 is 2.04 bits per heavy atom. The summed E-state index contributed by atoms with van der Waals surface area (Å²) in [4.78, 5) is 11.6. The zero-order valence-corrected chi connectivity index (χ0v) is 14.2. The van der Waals surface area contributed by atoms with Crippen LogP contribution in [0.2, 0.25) is 0 Å². The van der Waals surface area contributed by atoms with Gasteiger partial charge in [0, 0.05) is 0 Å². The van der Waals surface area contributed by atoms with E-state index >= 15 is 0 Å². The summed E-state index contributed by atoms with van der Waals surface area (Å²) in [7, 11) is 0. The largest absolute Gasteiger partial charge is 0.490 e. The van der Waals surface area contributed by atoms with Crippen LogP contribution in [0.1, 0.15) is 58.1 Å². The summed E-state index contributed by atoms with van der Waals surface area (Å²) in [6.45, 7) is 5.49. The molecule has 1 aliphatic rings. The van der Waals surface area contributed by atoms with Gasteiger partial charge >= 0.3 is 6.09 Å². The molecule has 0 spiro atoms. The number of alkyl carbamates (subject to hydrolysis) is 1. The van der Waals surface area contributed by atoms with E-state index in [1.807, 2.05) is 24.3 Å². The van der Waals surface area contributed by atoms with Gasteiger partial charge in [-0.1, -0.05) is 12.1 Å². The van der Waals surface area contributed by atoms with Crippen LogP contribution in [0.25, 0.3) is 0 Å². The number of aliphatic hydroxyl groups excluding tert-OH is 1. The van der Waals surface area contributed by atoms with E-state index in [1.165, 1.54) is 12.8 Å². The van der Waals surface area contributed by atoms with E-state index in [2.05, 4.69) is 5.32 Å². The molecule has 5 nitrogen and oxygen atoms in total. The minimum absolute atomic E-state index is 0.0990. The van der Waals surface area contributed by atoms with Gasteiger partial charge in [0.2, 0.25) is 0 Å². The van der Waals surface area contributed by atoms with E-state index in [0.29, 0.717) is 0 Å². The van der Waals surface area contributed by atoms with Gasteiger partial charge in [-0.25, -0.2) is 4.79 Å². The third-order valence-corrected chi connectivity index (χ3v) is 3.69. The van der Waals surface area contributed by atoms with Crippen molar-refractivity contribution in [2.75, 3.05) is 6.54 Å². The Balaban J connectivity index is 1.86. The molecule has 1 saturated carbocycles. The monoisotopic (exact) mass is 321 g/mol. The maximum Gasteiger partial charge on any atom is 0.407 e.